The number of halogens is 1. The Morgan fingerprint density at radius 3 is 2.86 bits per heavy atom. The van der Waals surface area contributed by atoms with Gasteiger partial charge in [0, 0.05) is 30.7 Å². The number of aryl methyl sites for hydroxylation is 1. The second-order valence-electron chi connectivity index (χ2n) is 6.42. The van der Waals surface area contributed by atoms with Gasteiger partial charge in [-0.05, 0) is 57.0 Å². The van der Waals surface area contributed by atoms with Crippen molar-refractivity contribution in [1.82, 2.24) is 9.80 Å². The number of hydrogen-bond donors (Lipinski definition) is 0. The number of benzene rings is 1. The summed E-state index contributed by atoms with van der Waals surface area (Å²) in [4.78, 5) is 17.2. The van der Waals surface area contributed by atoms with Crippen LogP contribution in [-0.2, 0) is 0 Å². The van der Waals surface area contributed by atoms with Crippen molar-refractivity contribution in [2.45, 2.75) is 45.2 Å². The quantitative estimate of drug-likeness (QED) is 0.794. The van der Waals surface area contributed by atoms with Gasteiger partial charge < -0.3 is 4.90 Å². The molecule has 21 heavy (non-hydrogen) atoms. The molecule has 2 aliphatic heterocycles. The van der Waals surface area contributed by atoms with Crippen molar-refractivity contribution in [3.05, 3.63) is 35.1 Å². The molecule has 2 saturated heterocycles. The maximum atomic E-state index is 13.4. The highest BCUT2D eigenvalue weighted by atomic mass is 19.1. The molecule has 0 saturated carbocycles. The lowest BCUT2D eigenvalue weighted by atomic mass is 9.96. The number of rotatable bonds is 1. The second-order valence-corrected chi connectivity index (χ2v) is 6.42. The lowest BCUT2D eigenvalue weighted by molar-refractivity contribution is 0.0151. The molecule has 2 atom stereocenters. The minimum Gasteiger partial charge on any atom is -0.333 e. The molecule has 3 nitrogen and oxygen atoms in total. The zero-order chi connectivity index (χ0) is 15.0. The van der Waals surface area contributed by atoms with E-state index in [4.69, 9.17) is 0 Å². The van der Waals surface area contributed by atoms with Crippen LogP contribution in [0.3, 0.4) is 0 Å². The van der Waals surface area contributed by atoms with E-state index in [-0.39, 0.29) is 17.8 Å². The average molecular weight is 290 g/mol. The molecule has 2 fully saturated rings. The molecule has 1 aromatic carbocycles. The summed E-state index contributed by atoms with van der Waals surface area (Å²) in [7, 11) is 0. The summed E-state index contributed by atoms with van der Waals surface area (Å²) in [5.74, 6) is -0.215. The molecular formula is C17H23FN2O. The Hall–Kier alpha value is -1.42. The first-order chi connectivity index (χ1) is 10.1. The van der Waals surface area contributed by atoms with Gasteiger partial charge in [-0.2, -0.15) is 0 Å². The van der Waals surface area contributed by atoms with E-state index in [2.05, 4.69) is 11.8 Å². The Labute approximate surface area is 125 Å². The molecule has 2 aliphatic rings. The fraction of sp³-hybridized carbons (Fsp3) is 0.588. The van der Waals surface area contributed by atoms with E-state index in [0.29, 0.717) is 17.2 Å². The molecule has 1 aromatic rings. The van der Waals surface area contributed by atoms with E-state index < -0.39 is 0 Å². The van der Waals surface area contributed by atoms with Crippen molar-refractivity contribution in [1.29, 1.82) is 0 Å². The summed E-state index contributed by atoms with van der Waals surface area (Å²) in [5.41, 5.74) is 1.13. The van der Waals surface area contributed by atoms with Crippen molar-refractivity contribution in [3.63, 3.8) is 0 Å². The van der Waals surface area contributed by atoms with Crippen LogP contribution in [0.4, 0.5) is 4.39 Å². The molecule has 2 heterocycles. The van der Waals surface area contributed by atoms with Crippen molar-refractivity contribution in [3.8, 4) is 0 Å². The average Bonchev–Trinajstić information content (AvgIpc) is 2.48. The highest BCUT2D eigenvalue weighted by Gasteiger charge is 2.35. The summed E-state index contributed by atoms with van der Waals surface area (Å²) < 4.78 is 13.4. The van der Waals surface area contributed by atoms with Crippen molar-refractivity contribution < 1.29 is 9.18 Å². The third kappa shape index (κ3) is 2.82. The van der Waals surface area contributed by atoms with Crippen molar-refractivity contribution in [2.24, 2.45) is 0 Å². The molecule has 0 spiro atoms. The second kappa shape index (κ2) is 5.76. The van der Waals surface area contributed by atoms with Crippen LogP contribution >= 0.6 is 0 Å². The molecule has 114 valence electrons. The van der Waals surface area contributed by atoms with E-state index >= 15 is 0 Å². The van der Waals surface area contributed by atoms with Crippen LogP contribution in [0.5, 0.6) is 0 Å². The molecule has 1 amide bonds. The summed E-state index contributed by atoms with van der Waals surface area (Å²) in [6.07, 6.45) is 3.71. The van der Waals surface area contributed by atoms with E-state index in [1.165, 1.54) is 25.3 Å². The Balaban J connectivity index is 1.78. The van der Waals surface area contributed by atoms with E-state index in [1.807, 2.05) is 4.90 Å². The molecule has 0 radical (unpaired) electrons. The number of carbonyl (C=O) groups is 1. The van der Waals surface area contributed by atoms with Crippen LogP contribution in [0.15, 0.2) is 18.2 Å². The number of piperazine rings is 1. The van der Waals surface area contributed by atoms with Crippen LogP contribution in [0.1, 0.15) is 42.1 Å². The monoisotopic (exact) mass is 290 g/mol. The van der Waals surface area contributed by atoms with Gasteiger partial charge in [-0.15, -0.1) is 0 Å². The Kier molecular flexibility index (Phi) is 3.98. The van der Waals surface area contributed by atoms with Crippen LogP contribution < -0.4 is 0 Å². The smallest absolute Gasteiger partial charge is 0.254 e. The highest BCUT2D eigenvalue weighted by Crippen LogP contribution is 2.25. The van der Waals surface area contributed by atoms with E-state index in [9.17, 15) is 9.18 Å². The number of piperidine rings is 1. The Morgan fingerprint density at radius 1 is 1.29 bits per heavy atom. The number of hydrogen-bond acceptors (Lipinski definition) is 2. The van der Waals surface area contributed by atoms with E-state index in [1.54, 1.807) is 19.1 Å². The maximum Gasteiger partial charge on any atom is 0.254 e. The zero-order valence-electron chi connectivity index (χ0n) is 12.8. The predicted octanol–water partition coefficient (Wildman–Crippen LogP) is 2.83. The van der Waals surface area contributed by atoms with Crippen molar-refractivity contribution in [2.75, 3.05) is 19.6 Å². The lowest BCUT2D eigenvalue weighted by Crippen LogP contribution is -2.60. The molecule has 4 heteroatoms. The zero-order valence-corrected chi connectivity index (χ0v) is 12.8. The SMILES string of the molecule is Cc1cc(C(=O)N2CC3CCCCN3CC2C)ccc1F. The van der Waals surface area contributed by atoms with Gasteiger partial charge in [0.2, 0.25) is 0 Å². The van der Waals surface area contributed by atoms with Gasteiger partial charge in [0.25, 0.3) is 5.91 Å². The predicted molar refractivity (Wildman–Crippen MR) is 80.8 cm³/mol. The number of carbonyl (C=O) groups excluding carboxylic acids is 1. The first kappa shape index (κ1) is 14.5. The number of fused-ring (bicyclic) bond motifs is 1. The third-order valence-corrected chi connectivity index (χ3v) is 4.85. The summed E-state index contributed by atoms with van der Waals surface area (Å²) in [5, 5.41) is 0. The molecule has 2 unspecified atom stereocenters. The van der Waals surface area contributed by atoms with Crippen LogP contribution in [0.25, 0.3) is 0 Å². The first-order valence-corrected chi connectivity index (χ1v) is 7.87. The molecule has 0 aliphatic carbocycles. The molecule has 0 bridgehead atoms. The van der Waals surface area contributed by atoms with Gasteiger partial charge in [0.1, 0.15) is 5.82 Å². The topological polar surface area (TPSA) is 23.6 Å². The highest BCUT2D eigenvalue weighted by molar-refractivity contribution is 5.94. The Bertz CT molecular complexity index is 546. The van der Waals surface area contributed by atoms with Gasteiger partial charge in [-0.3, -0.25) is 9.69 Å². The standard InChI is InChI=1S/C17H23FN2O/c1-12-9-14(6-7-16(12)18)17(21)20-11-15-5-3-4-8-19(15)10-13(20)2/h6-7,9,13,15H,3-5,8,10-11H2,1-2H3. The van der Waals surface area contributed by atoms with Crippen LogP contribution in [0, 0.1) is 12.7 Å². The largest absolute Gasteiger partial charge is 0.333 e. The minimum absolute atomic E-state index is 0.0378. The minimum atomic E-state index is -0.253. The summed E-state index contributed by atoms with van der Waals surface area (Å²) in [6.45, 7) is 6.73. The maximum absolute atomic E-state index is 13.4. The normalized spacial score (nSPS) is 26.5. The van der Waals surface area contributed by atoms with Crippen molar-refractivity contribution >= 4 is 5.91 Å². The summed E-state index contributed by atoms with van der Waals surface area (Å²) in [6, 6.07) is 5.38. The van der Waals surface area contributed by atoms with Crippen LogP contribution in [0.2, 0.25) is 0 Å². The van der Waals surface area contributed by atoms with Crippen LogP contribution in [-0.4, -0.2) is 47.4 Å². The van der Waals surface area contributed by atoms with Gasteiger partial charge in [-0.1, -0.05) is 6.42 Å². The number of amides is 1. The molecule has 0 N–H and O–H groups in total. The van der Waals surface area contributed by atoms with Gasteiger partial charge in [0.15, 0.2) is 0 Å². The van der Waals surface area contributed by atoms with Gasteiger partial charge in [-0.25, -0.2) is 4.39 Å². The Morgan fingerprint density at radius 2 is 2.10 bits per heavy atom. The number of nitrogens with zero attached hydrogens (tertiary/aromatic N) is 2. The fourth-order valence-electron chi connectivity index (χ4n) is 3.58. The summed E-state index contributed by atoms with van der Waals surface area (Å²) >= 11 is 0. The first-order valence-electron chi connectivity index (χ1n) is 7.87. The van der Waals surface area contributed by atoms with Gasteiger partial charge in [0.05, 0.1) is 0 Å². The van der Waals surface area contributed by atoms with Gasteiger partial charge >= 0.3 is 0 Å². The molecule has 3 rings (SSSR count). The van der Waals surface area contributed by atoms with E-state index in [0.717, 1.165) is 19.6 Å². The lowest BCUT2D eigenvalue weighted by Gasteiger charge is -2.47. The fourth-order valence-corrected chi connectivity index (χ4v) is 3.58. The molecule has 0 aromatic heterocycles. The molecular weight excluding hydrogens is 267 g/mol. The third-order valence-electron chi connectivity index (χ3n) is 4.85.